The van der Waals surface area contributed by atoms with Gasteiger partial charge in [0.1, 0.15) is 11.6 Å². The Balaban J connectivity index is 1.75. The fraction of sp³-hybridized carbons (Fsp3) is 0.200. The van der Waals surface area contributed by atoms with Crippen molar-refractivity contribution in [2.75, 3.05) is 0 Å². The lowest BCUT2D eigenvalue weighted by Gasteiger charge is -2.10. The Morgan fingerprint density at radius 1 is 1.07 bits per heavy atom. The second-order valence-corrected chi connectivity index (χ2v) is 6.43. The predicted molar refractivity (Wildman–Crippen MR) is 102 cm³/mol. The number of nitrogens with zero attached hydrogens (tertiary/aromatic N) is 3. The lowest BCUT2D eigenvalue weighted by atomic mass is 10.2. The van der Waals surface area contributed by atoms with Crippen LogP contribution in [0.2, 0.25) is 0 Å². The van der Waals surface area contributed by atoms with Crippen molar-refractivity contribution in [2.24, 2.45) is 0 Å². The zero-order chi connectivity index (χ0) is 19.0. The van der Waals surface area contributed by atoms with Crippen LogP contribution in [0.15, 0.2) is 48.5 Å². The highest BCUT2D eigenvalue weighted by atomic mass is 16.4. The molecule has 0 aliphatic heterocycles. The third-order valence-corrected chi connectivity index (χ3v) is 4.57. The average molecular weight is 362 g/mol. The first-order valence-electron chi connectivity index (χ1n) is 8.70. The zero-order valence-electron chi connectivity index (χ0n) is 14.7. The van der Waals surface area contributed by atoms with Gasteiger partial charge in [-0.05, 0) is 25.1 Å². The summed E-state index contributed by atoms with van der Waals surface area (Å²) in [7, 11) is 0. The van der Waals surface area contributed by atoms with Gasteiger partial charge in [0.25, 0.3) is 0 Å². The highest BCUT2D eigenvalue weighted by molar-refractivity contribution is 6.06. The number of carbonyl (C=O) groups is 2. The maximum absolute atomic E-state index is 12.1. The fourth-order valence-electron chi connectivity index (χ4n) is 3.20. The molecule has 2 aromatic carbocycles. The first kappa shape index (κ1) is 17.0. The molecule has 4 aromatic rings. The Morgan fingerprint density at radius 2 is 1.74 bits per heavy atom. The van der Waals surface area contributed by atoms with E-state index in [4.69, 9.17) is 15.1 Å². The molecule has 7 nitrogen and oxygen atoms in total. The Hall–Kier alpha value is -3.48. The summed E-state index contributed by atoms with van der Waals surface area (Å²) in [6.07, 6.45) is 0.153. The molecular weight excluding hydrogens is 344 g/mol. The molecule has 2 N–H and O–H groups in total. The number of carboxylic acids is 1. The molecule has 0 aliphatic rings. The van der Waals surface area contributed by atoms with E-state index in [0.717, 1.165) is 27.5 Å². The average Bonchev–Trinajstić information content (AvgIpc) is 2.97. The van der Waals surface area contributed by atoms with E-state index in [-0.39, 0.29) is 12.3 Å². The van der Waals surface area contributed by atoms with Crippen molar-refractivity contribution in [1.82, 2.24) is 19.9 Å². The Labute approximate surface area is 154 Å². The van der Waals surface area contributed by atoms with Crippen LogP contribution in [0.25, 0.3) is 33.1 Å². The molecule has 7 heteroatoms. The number of aromatic nitrogens is 3. The first-order chi connectivity index (χ1) is 13.0. The number of fused-ring (bicyclic) bond motifs is 4. The van der Waals surface area contributed by atoms with Gasteiger partial charge in [-0.3, -0.25) is 9.59 Å². The van der Waals surface area contributed by atoms with Crippen LogP contribution < -0.4 is 5.32 Å². The number of para-hydroxylation sites is 3. The van der Waals surface area contributed by atoms with E-state index in [1.54, 1.807) is 0 Å². The van der Waals surface area contributed by atoms with Crippen molar-refractivity contribution < 1.29 is 14.7 Å². The minimum absolute atomic E-state index is 0.153. The molecule has 4 rings (SSSR count). The topological polar surface area (TPSA) is 97.1 Å². The highest BCUT2D eigenvalue weighted by Crippen LogP contribution is 2.28. The molecule has 136 valence electrons. The Morgan fingerprint density at radius 3 is 2.48 bits per heavy atom. The number of aliphatic carboxylic acids is 1. The maximum atomic E-state index is 12.1. The van der Waals surface area contributed by atoms with Gasteiger partial charge in [-0.15, -0.1) is 0 Å². The summed E-state index contributed by atoms with van der Waals surface area (Å²) in [6.45, 7) is 1.83. The van der Waals surface area contributed by atoms with Crippen molar-refractivity contribution in [2.45, 2.75) is 25.9 Å². The normalized spacial score (nSPS) is 12.5. The maximum Gasteiger partial charge on any atom is 0.325 e. The lowest BCUT2D eigenvalue weighted by Crippen LogP contribution is -2.38. The summed E-state index contributed by atoms with van der Waals surface area (Å²) in [5.74, 6) is -1.37. The van der Waals surface area contributed by atoms with E-state index < -0.39 is 12.0 Å². The van der Waals surface area contributed by atoms with Crippen LogP contribution in [0.5, 0.6) is 0 Å². The molecule has 2 aromatic heterocycles. The van der Waals surface area contributed by atoms with Crippen LogP contribution >= 0.6 is 0 Å². The molecule has 27 heavy (non-hydrogen) atoms. The molecule has 0 bridgehead atoms. The molecule has 0 aliphatic carbocycles. The molecule has 0 spiro atoms. The van der Waals surface area contributed by atoms with E-state index in [1.165, 1.54) is 6.92 Å². The third-order valence-electron chi connectivity index (χ3n) is 4.57. The molecule has 1 unspecified atom stereocenters. The standard InChI is InChI=1S/C20H18N4O3/c1-12(20(26)27)21-17(25)10-11-24-16-9-5-2-6-13(16)18-19(24)23-15-8-4-3-7-14(15)22-18/h2-9,12H,10-11H2,1H3,(H,21,25)(H,26,27). The van der Waals surface area contributed by atoms with Crippen LogP contribution in [0.4, 0.5) is 0 Å². The number of amides is 1. The van der Waals surface area contributed by atoms with Crippen molar-refractivity contribution in [3.05, 3.63) is 48.5 Å². The summed E-state index contributed by atoms with van der Waals surface area (Å²) in [5.41, 5.74) is 4.07. The van der Waals surface area contributed by atoms with Crippen molar-refractivity contribution in [3.8, 4) is 0 Å². The number of hydrogen-bond donors (Lipinski definition) is 2. The minimum atomic E-state index is -1.06. The van der Waals surface area contributed by atoms with Gasteiger partial charge in [0.15, 0.2) is 5.65 Å². The Bertz CT molecular complexity index is 1180. The van der Waals surface area contributed by atoms with Crippen LogP contribution in [0, 0.1) is 0 Å². The SMILES string of the molecule is CC(NC(=O)CCn1c2ccccc2c2nc3ccccc3nc21)C(=O)O. The number of nitrogens with one attached hydrogen (secondary N) is 1. The van der Waals surface area contributed by atoms with Gasteiger partial charge in [-0.1, -0.05) is 30.3 Å². The lowest BCUT2D eigenvalue weighted by molar-refractivity contribution is -0.141. The molecule has 0 radical (unpaired) electrons. The van der Waals surface area contributed by atoms with E-state index in [0.29, 0.717) is 12.2 Å². The van der Waals surface area contributed by atoms with E-state index in [2.05, 4.69) is 5.32 Å². The van der Waals surface area contributed by atoms with E-state index >= 15 is 0 Å². The quantitative estimate of drug-likeness (QED) is 0.569. The van der Waals surface area contributed by atoms with Gasteiger partial charge in [0, 0.05) is 18.4 Å². The third kappa shape index (κ3) is 3.08. The number of rotatable bonds is 5. The molecule has 0 saturated heterocycles. The van der Waals surface area contributed by atoms with E-state index in [1.807, 2.05) is 53.1 Å². The van der Waals surface area contributed by atoms with Crippen LogP contribution in [-0.4, -0.2) is 37.6 Å². The van der Waals surface area contributed by atoms with Gasteiger partial charge in [-0.2, -0.15) is 0 Å². The van der Waals surface area contributed by atoms with Crippen LogP contribution in [0.3, 0.4) is 0 Å². The molecule has 0 fully saturated rings. The second-order valence-electron chi connectivity index (χ2n) is 6.43. The molecule has 2 heterocycles. The number of carbonyl (C=O) groups excluding carboxylic acids is 1. The van der Waals surface area contributed by atoms with Crippen molar-refractivity contribution in [1.29, 1.82) is 0 Å². The number of carboxylic acid groups (broad SMARTS) is 1. The molecule has 1 amide bonds. The first-order valence-corrected chi connectivity index (χ1v) is 8.70. The summed E-state index contributed by atoms with van der Waals surface area (Å²) < 4.78 is 1.97. The van der Waals surface area contributed by atoms with Crippen molar-refractivity contribution in [3.63, 3.8) is 0 Å². The molecule has 1 atom stereocenters. The summed E-state index contributed by atoms with van der Waals surface area (Å²) in [4.78, 5) is 32.5. The summed E-state index contributed by atoms with van der Waals surface area (Å²) >= 11 is 0. The highest BCUT2D eigenvalue weighted by Gasteiger charge is 2.17. The Kier molecular flexibility index (Phi) is 4.19. The molecule has 0 saturated carbocycles. The zero-order valence-corrected chi connectivity index (χ0v) is 14.7. The predicted octanol–water partition coefficient (Wildman–Crippen LogP) is 2.72. The number of aryl methyl sites for hydroxylation is 1. The summed E-state index contributed by atoms with van der Waals surface area (Å²) in [5, 5.41) is 12.4. The van der Waals surface area contributed by atoms with Gasteiger partial charge in [0.2, 0.25) is 5.91 Å². The van der Waals surface area contributed by atoms with Crippen LogP contribution in [-0.2, 0) is 16.1 Å². The van der Waals surface area contributed by atoms with E-state index in [9.17, 15) is 9.59 Å². The molecular formula is C20H18N4O3. The number of benzene rings is 2. The second kappa shape index (κ2) is 6.68. The van der Waals surface area contributed by atoms with Gasteiger partial charge in [0.05, 0.1) is 16.6 Å². The van der Waals surface area contributed by atoms with Gasteiger partial charge in [-0.25, -0.2) is 9.97 Å². The number of hydrogen-bond acceptors (Lipinski definition) is 4. The van der Waals surface area contributed by atoms with Crippen LogP contribution in [0.1, 0.15) is 13.3 Å². The largest absolute Gasteiger partial charge is 0.480 e. The van der Waals surface area contributed by atoms with Gasteiger partial charge >= 0.3 is 5.97 Å². The van der Waals surface area contributed by atoms with Crippen molar-refractivity contribution >= 4 is 45.0 Å². The van der Waals surface area contributed by atoms with Gasteiger partial charge < -0.3 is 15.0 Å². The minimum Gasteiger partial charge on any atom is -0.480 e. The fourth-order valence-corrected chi connectivity index (χ4v) is 3.20. The monoisotopic (exact) mass is 362 g/mol. The summed E-state index contributed by atoms with van der Waals surface area (Å²) in [6, 6.07) is 14.6. The smallest absolute Gasteiger partial charge is 0.325 e.